The Hall–Kier alpha value is -4.65. The minimum atomic E-state index is -0.237. The van der Waals surface area contributed by atoms with Crippen molar-refractivity contribution < 1.29 is 4.79 Å². The largest absolute Gasteiger partial charge is 0.352 e. The average Bonchev–Trinajstić information content (AvgIpc) is 3.07. The number of carbonyl (C=O) groups excluding carboxylic acids is 1. The van der Waals surface area contributed by atoms with Gasteiger partial charge >= 0.3 is 0 Å². The number of amides is 1. The third-order valence-corrected chi connectivity index (χ3v) is 8.55. The predicted octanol–water partition coefficient (Wildman–Crippen LogP) is 8.38. The molecule has 0 bridgehead atoms. The van der Waals surface area contributed by atoms with Gasteiger partial charge in [-0.1, -0.05) is 134 Å². The topological polar surface area (TPSA) is 124 Å². The number of carbonyl (C=O) groups is 1. The van der Waals surface area contributed by atoms with Crippen molar-refractivity contribution >= 4 is 38.6 Å². The molecule has 0 saturated carbocycles. The van der Waals surface area contributed by atoms with E-state index in [1.165, 1.54) is 89.9 Å². The molecule has 6 nitrogen and oxygen atoms in total. The Balaban J connectivity index is 1.55. The van der Waals surface area contributed by atoms with E-state index < -0.39 is 0 Å². The molecule has 0 aromatic heterocycles. The fourth-order valence-electron chi connectivity index (χ4n) is 6.11. The van der Waals surface area contributed by atoms with Crippen molar-refractivity contribution in [1.82, 2.24) is 5.32 Å². The summed E-state index contributed by atoms with van der Waals surface area (Å²) in [6.07, 6.45) is 20.7. The van der Waals surface area contributed by atoms with Crippen molar-refractivity contribution in [2.75, 3.05) is 6.54 Å². The molecule has 1 N–H and O–H groups in total. The molecule has 0 atom stereocenters. The molecule has 3 aromatic carbocycles. The summed E-state index contributed by atoms with van der Waals surface area (Å²) in [5.74, 6) is -0.237. The molecule has 0 unspecified atom stereocenters. The second-order valence-electron chi connectivity index (χ2n) is 11.8. The van der Waals surface area contributed by atoms with Crippen LogP contribution in [0.5, 0.6) is 0 Å². The number of nitrogens with zero attached hydrogens (tertiary/aromatic N) is 4. The number of hydrogen-bond acceptors (Lipinski definition) is 5. The highest BCUT2D eigenvalue weighted by atomic mass is 16.1. The van der Waals surface area contributed by atoms with Gasteiger partial charge in [-0.05, 0) is 40.1 Å². The molecule has 0 aliphatic carbocycles. The second kappa shape index (κ2) is 19.6. The van der Waals surface area contributed by atoms with Crippen LogP contribution < -0.4 is 15.8 Å². The molecule has 0 spiro atoms. The summed E-state index contributed by atoms with van der Waals surface area (Å²) in [6.45, 7) is 2.83. The zero-order valence-electron chi connectivity index (χ0n) is 26.8. The van der Waals surface area contributed by atoms with E-state index in [4.69, 9.17) is 0 Å². The number of nitrogens with one attached hydrogen (secondary N) is 1. The van der Waals surface area contributed by atoms with Crippen molar-refractivity contribution in [3.63, 3.8) is 0 Å². The molecular weight excluding hydrogens is 554 g/mol. The number of unbranched alkanes of at least 4 members (excludes halogenated alkanes) is 15. The highest BCUT2D eigenvalue weighted by Crippen LogP contribution is 2.19. The van der Waals surface area contributed by atoms with Crippen molar-refractivity contribution in [2.45, 2.75) is 110 Å². The maximum Gasteiger partial charge on any atom is 0.251 e. The standard InChI is InChI=1S/C39H45N5O/c1-2-3-4-5-6-7-8-9-10-11-12-13-14-15-16-19-24-44-39(45)30-22-23-35-36(25-30)38(32(28-42)29-43)34-21-18-17-20-33(34)37(35)31(26-40)27-41/h17-18,20-23,25H,2-16,19,24H2,1H3,(H,44,45). The summed E-state index contributed by atoms with van der Waals surface area (Å²) in [5.41, 5.74) is 0.232. The van der Waals surface area contributed by atoms with Gasteiger partial charge < -0.3 is 5.32 Å². The Morgan fingerprint density at radius 3 is 1.40 bits per heavy atom. The van der Waals surface area contributed by atoms with Gasteiger partial charge in [0.1, 0.15) is 35.4 Å². The Morgan fingerprint density at radius 1 is 0.556 bits per heavy atom. The summed E-state index contributed by atoms with van der Waals surface area (Å²) in [6, 6.07) is 20.0. The van der Waals surface area contributed by atoms with Crippen LogP contribution in [0.15, 0.2) is 42.5 Å². The number of fused-ring (bicyclic) bond motifs is 2. The summed E-state index contributed by atoms with van der Waals surface area (Å²) < 4.78 is 0. The van der Waals surface area contributed by atoms with E-state index in [1.807, 2.05) is 24.3 Å². The van der Waals surface area contributed by atoms with E-state index in [2.05, 4.69) is 12.2 Å². The zero-order chi connectivity index (χ0) is 32.3. The first-order valence-electron chi connectivity index (χ1n) is 16.7. The minimum absolute atomic E-state index is 0.0704. The quantitative estimate of drug-likeness (QED) is 0.116. The van der Waals surface area contributed by atoms with E-state index in [1.54, 1.807) is 42.5 Å². The van der Waals surface area contributed by atoms with Crippen LogP contribution in [0, 0.1) is 45.3 Å². The van der Waals surface area contributed by atoms with Gasteiger partial charge in [-0.25, -0.2) is 0 Å². The smallest absolute Gasteiger partial charge is 0.251 e. The first kappa shape index (κ1) is 34.8. The molecule has 0 aliphatic heterocycles. The molecule has 1 amide bonds. The van der Waals surface area contributed by atoms with Crippen molar-refractivity contribution in [3.8, 4) is 24.3 Å². The molecule has 0 heterocycles. The third kappa shape index (κ3) is 9.93. The molecule has 45 heavy (non-hydrogen) atoms. The maximum atomic E-state index is 13.1. The lowest BCUT2D eigenvalue weighted by atomic mass is 9.92. The van der Waals surface area contributed by atoms with Crippen LogP contribution in [-0.2, 0) is 0 Å². The minimum Gasteiger partial charge on any atom is -0.352 e. The van der Waals surface area contributed by atoms with Crippen molar-refractivity contribution in [1.29, 1.82) is 21.0 Å². The highest BCUT2D eigenvalue weighted by Gasteiger charge is 2.15. The van der Waals surface area contributed by atoms with Crippen LogP contribution in [0.1, 0.15) is 120 Å². The zero-order valence-corrected chi connectivity index (χ0v) is 26.8. The fourth-order valence-corrected chi connectivity index (χ4v) is 6.11. The van der Waals surface area contributed by atoms with Crippen molar-refractivity contribution in [2.24, 2.45) is 0 Å². The lowest BCUT2D eigenvalue weighted by Crippen LogP contribution is -2.25. The number of hydrogen-bond donors (Lipinski definition) is 1. The second-order valence-corrected chi connectivity index (χ2v) is 11.8. The van der Waals surface area contributed by atoms with Crippen LogP contribution in [-0.4, -0.2) is 12.5 Å². The SMILES string of the molecule is CCCCCCCCCCCCCCCCCCNC(=O)c1ccc2c(=C(C#N)C#N)c3ccccc3c(=C(C#N)C#N)c2c1. The fraction of sp³-hybridized carbons (Fsp3) is 0.462. The van der Waals surface area contributed by atoms with E-state index in [0.29, 0.717) is 44.1 Å². The Kier molecular flexibility index (Phi) is 15.2. The van der Waals surface area contributed by atoms with Gasteiger partial charge in [0.2, 0.25) is 0 Å². The van der Waals surface area contributed by atoms with E-state index >= 15 is 0 Å². The molecular formula is C39H45N5O. The number of rotatable bonds is 18. The Bertz CT molecular complexity index is 1710. The summed E-state index contributed by atoms with van der Waals surface area (Å²) >= 11 is 0. The van der Waals surface area contributed by atoms with Crippen LogP contribution >= 0.6 is 0 Å². The van der Waals surface area contributed by atoms with Gasteiger partial charge in [-0.2, -0.15) is 21.0 Å². The number of nitriles is 4. The van der Waals surface area contributed by atoms with Crippen LogP contribution in [0.2, 0.25) is 0 Å². The summed E-state index contributed by atoms with van der Waals surface area (Å²) in [4.78, 5) is 13.1. The van der Waals surface area contributed by atoms with Gasteiger partial charge in [0.25, 0.3) is 5.91 Å². The van der Waals surface area contributed by atoms with E-state index in [0.717, 1.165) is 12.8 Å². The number of benzene rings is 3. The molecule has 0 radical (unpaired) electrons. The Morgan fingerprint density at radius 2 is 0.956 bits per heavy atom. The van der Waals surface area contributed by atoms with Gasteiger partial charge in [-0.15, -0.1) is 0 Å². The Labute approximate surface area is 268 Å². The lowest BCUT2D eigenvalue weighted by molar-refractivity contribution is 0.0953. The summed E-state index contributed by atoms with van der Waals surface area (Å²) in [5, 5.41) is 45.0. The molecule has 3 rings (SSSR count). The third-order valence-electron chi connectivity index (χ3n) is 8.55. The highest BCUT2D eigenvalue weighted by molar-refractivity contribution is 6.08. The molecule has 232 valence electrons. The van der Waals surface area contributed by atoms with Crippen LogP contribution in [0.4, 0.5) is 0 Å². The van der Waals surface area contributed by atoms with E-state index in [9.17, 15) is 25.8 Å². The molecule has 6 heteroatoms. The van der Waals surface area contributed by atoms with Gasteiger partial charge in [-0.3, -0.25) is 4.79 Å². The van der Waals surface area contributed by atoms with Gasteiger partial charge in [0.15, 0.2) is 0 Å². The van der Waals surface area contributed by atoms with Crippen LogP contribution in [0.25, 0.3) is 32.7 Å². The van der Waals surface area contributed by atoms with Gasteiger partial charge in [0, 0.05) is 22.5 Å². The lowest BCUT2D eigenvalue weighted by Gasteiger charge is -2.10. The van der Waals surface area contributed by atoms with Gasteiger partial charge in [0.05, 0.1) is 0 Å². The van der Waals surface area contributed by atoms with Crippen LogP contribution in [0.3, 0.4) is 0 Å². The summed E-state index contributed by atoms with van der Waals surface area (Å²) in [7, 11) is 0. The van der Waals surface area contributed by atoms with E-state index in [-0.39, 0.29) is 17.1 Å². The first-order valence-corrected chi connectivity index (χ1v) is 16.7. The molecule has 0 saturated heterocycles. The normalized spacial score (nSPS) is 10.5. The molecule has 0 fully saturated rings. The molecule has 3 aromatic rings. The predicted molar refractivity (Wildman–Crippen MR) is 182 cm³/mol. The monoisotopic (exact) mass is 599 g/mol. The maximum absolute atomic E-state index is 13.1. The first-order chi connectivity index (χ1) is 22.1. The average molecular weight is 600 g/mol. The molecule has 0 aliphatic rings. The van der Waals surface area contributed by atoms with Crippen molar-refractivity contribution in [3.05, 3.63) is 58.5 Å².